The van der Waals surface area contributed by atoms with Gasteiger partial charge in [-0.05, 0) is 12.8 Å². The summed E-state index contributed by atoms with van der Waals surface area (Å²) in [6.45, 7) is 6.21. The number of rotatable bonds is 8. The van der Waals surface area contributed by atoms with Crippen molar-refractivity contribution in [2.45, 2.75) is 39.5 Å². The summed E-state index contributed by atoms with van der Waals surface area (Å²) in [7, 11) is 0. The maximum Gasteiger partial charge on any atom is 0.158 e. The molecule has 0 bridgehead atoms. The molecule has 0 amide bonds. The maximum absolute atomic E-state index is 7.57. The van der Waals surface area contributed by atoms with Gasteiger partial charge in [0, 0.05) is 25.5 Å². The molecule has 18 heavy (non-hydrogen) atoms. The highest BCUT2D eigenvalue weighted by atomic mass is 15.2. The molecule has 0 unspecified atom stereocenters. The van der Waals surface area contributed by atoms with Crippen LogP contribution in [0.2, 0.25) is 0 Å². The smallest absolute Gasteiger partial charge is 0.158 e. The van der Waals surface area contributed by atoms with E-state index in [1.807, 2.05) is 0 Å². The van der Waals surface area contributed by atoms with Crippen molar-refractivity contribution in [2.24, 2.45) is 5.73 Å². The zero-order chi connectivity index (χ0) is 13.4. The number of hydrogen-bond donors (Lipinski definition) is 2. The van der Waals surface area contributed by atoms with E-state index in [2.05, 4.69) is 28.7 Å². The molecule has 0 spiro atoms. The Labute approximate surface area is 109 Å². The van der Waals surface area contributed by atoms with Crippen LogP contribution in [0.4, 0.5) is 5.82 Å². The maximum atomic E-state index is 7.57. The van der Waals surface area contributed by atoms with Crippen LogP contribution in [-0.2, 0) is 0 Å². The number of nitrogens with two attached hydrogens (primary N) is 1. The third-order valence-electron chi connectivity index (χ3n) is 2.80. The molecule has 0 aliphatic carbocycles. The highest BCUT2D eigenvalue weighted by Gasteiger charge is 2.14. The lowest BCUT2D eigenvalue weighted by Gasteiger charge is -2.24. The summed E-state index contributed by atoms with van der Waals surface area (Å²) in [5.74, 6) is 0.725. The first-order chi connectivity index (χ1) is 8.70. The molecule has 0 aliphatic heterocycles. The fourth-order valence-electron chi connectivity index (χ4n) is 1.77. The monoisotopic (exact) mass is 249 g/mol. The fourth-order valence-corrected chi connectivity index (χ4v) is 1.77. The summed E-state index contributed by atoms with van der Waals surface area (Å²) in [5, 5.41) is 7.57. The third-order valence-corrected chi connectivity index (χ3v) is 2.80. The van der Waals surface area contributed by atoms with E-state index in [1.165, 1.54) is 0 Å². The molecule has 5 heteroatoms. The Morgan fingerprint density at radius 3 is 2.22 bits per heavy atom. The molecule has 0 atom stereocenters. The second-order valence-corrected chi connectivity index (χ2v) is 4.34. The number of aromatic nitrogens is 2. The Morgan fingerprint density at radius 2 is 1.72 bits per heavy atom. The number of nitrogens with one attached hydrogen (secondary N) is 1. The first-order valence-electron chi connectivity index (χ1n) is 6.61. The topological polar surface area (TPSA) is 78.9 Å². The molecule has 3 N–H and O–H groups in total. The van der Waals surface area contributed by atoms with Gasteiger partial charge in [0.2, 0.25) is 0 Å². The van der Waals surface area contributed by atoms with Crippen molar-refractivity contribution < 1.29 is 0 Å². The number of unbranched alkanes of at least 4 members (excludes halogenated alkanes) is 2. The van der Waals surface area contributed by atoms with Crippen LogP contribution in [0.25, 0.3) is 0 Å². The van der Waals surface area contributed by atoms with Crippen molar-refractivity contribution in [1.29, 1.82) is 5.41 Å². The lowest BCUT2D eigenvalue weighted by molar-refractivity contribution is 0.669. The van der Waals surface area contributed by atoms with Crippen LogP contribution >= 0.6 is 0 Å². The van der Waals surface area contributed by atoms with Crippen molar-refractivity contribution >= 4 is 11.7 Å². The molecule has 1 rings (SSSR count). The van der Waals surface area contributed by atoms with Gasteiger partial charge in [0.1, 0.15) is 11.5 Å². The van der Waals surface area contributed by atoms with Crippen LogP contribution in [0.15, 0.2) is 12.4 Å². The number of nitrogens with zero attached hydrogens (tertiary/aromatic N) is 3. The molecule has 1 aromatic rings. The highest BCUT2D eigenvalue weighted by Crippen LogP contribution is 2.16. The van der Waals surface area contributed by atoms with Crippen molar-refractivity contribution in [2.75, 3.05) is 18.0 Å². The standard InChI is InChI=1S/C13H23N5/c1-3-5-9-18(10-6-4-2)13-11(12(14)15)16-7-8-17-13/h7-8H,3-6,9-10H2,1-2H3,(H3,14,15). The van der Waals surface area contributed by atoms with E-state index in [4.69, 9.17) is 11.1 Å². The van der Waals surface area contributed by atoms with Crippen molar-refractivity contribution in [3.05, 3.63) is 18.1 Å². The second-order valence-electron chi connectivity index (χ2n) is 4.34. The quantitative estimate of drug-likeness (QED) is 0.546. The summed E-state index contributed by atoms with van der Waals surface area (Å²) >= 11 is 0. The van der Waals surface area contributed by atoms with E-state index in [1.54, 1.807) is 12.4 Å². The SMILES string of the molecule is CCCCN(CCCC)c1nccnc1C(=N)N. The molecule has 0 fully saturated rings. The van der Waals surface area contributed by atoms with Crippen LogP contribution in [0, 0.1) is 5.41 Å². The van der Waals surface area contributed by atoms with Gasteiger partial charge >= 0.3 is 0 Å². The van der Waals surface area contributed by atoms with Crippen molar-refractivity contribution in [3.63, 3.8) is 0 Å². The Balaban J connectivity index is 2.92. The van der Waals surface area contributed by atoms with E-state index in [0.717, 1.165) is 44.6 Å². The van der Waals surface area contributed by atoms with E-state index in [9.17, 15) is 0 Å². The Kier molecular flexibility index (Phi) is 6.11. The molecular formula is C13H23N5. The lowest BCUT2D eigenvalue weighted by atomic mass is 10.2. The number of nitrogen functional groups attached to an aromatic ring is 1. The fraction of sp³-hybridized carbons (Fsp3) is 0.615. The molecule has 1 heterocycles. The zero-order valence-corrected chi connectivity index (χ0v) is 11.3. The molecule has 100 valence electrons. The lowest BCUT2D eigenvalue weighted by Crippen LogP contribution is -2.30. The number of amidine groups is 1. The summed E-state index contributed by atoms with van der Waals surface area (Å²) < 4.78 is 0. The predicted octanol–water partition coefficient (Wildman–Crippen LogP) is 2.17. The summed E-state index contributed by atoms with van der Waals surface area (Å²) in [6, 6.07) is 0. The molecule has 5 nitrogen and oxygen atoms in total. The van der Waals surface area contributed by atoms with Gasteiger partial charge in [-0.25, -0.2) is 9.97 Å². The van der Waals surface area contributed by atoms with Gasteiger partial charge in [-0.3, -0.25) is 5.41 Å². The largest absolute Gasteiger partial charge is 0.382 e. The van der Waals surface area contributed by atoms with Gasteiger partial charge in [0.05, 0.1) is 0 Å². The molecule has 0 saturated heterocycles. The average Bonchev–Trinajstić information content (AvgIpc) is 2.39. The minimum atomic E-state index is -0.0175. The Morgan fingerprint density at radius 1 is 1.17 bits per heavy atom. The van der Waals surface area contributed by atoms with E-state index >= 15 is 0 Å². The van der Waals surface area contributed by atoms with Crippen LogP contribution < -0.4 is 10.6 Å². The van der Waals surface area contributed by atoms with Crippen LogP contribution in [0.5, 0.6) is 0 Å². The van der Waals surface area contributed by atoms with Gasteiger partial charge in [-0.15, -0.1) is 0 Å². The average molecular weight is 249 g/mol. The summed E-state index contributed by atoms with van der Waals surface area (Å²) in [4.78, 5) is 10.7. The third kappa shape index (κ3) is 3.98. The van der Waals surface area contributed by atoms with Gasteiger partial charge in [0.25, 0.3) is 0 Å². The molecule has 0 radical (unpaired) electrons. The van der Waals surface area contributed by atoms with Crippen LogP contribution in [0.1, 0.15) is 45.2 Å². The van der Waals surface area contributed by atoms with Crippen molar-refractivity contribution in [3.8, 4) is 0 Å². The highest BCUT2D eigenvalue weighted by molar-refractivity contribution is 5.97. The Bertz CT molecular complexity index is 369. The van der Waals surface area contributed by atoms with Gasteiger partial charge in [-0.2, -0.15) is 0 Å². The zero-order valence-electron chi connectivity index (χ0n) is 11.3. The first kappa shape index (κ1) is 14.4. The molecular weight excluding hydrogens is 226 g/mol. The van der Waals surface area contributed by atoms with Gasteiger partial charge in [0.15, 0.2) is 5.82 Å². The first-order valence-corrected chi connectivity index (χ1v) is 6.61. The number of hydrogen-bond acceptors (Lipinski definition) is 4. The molecule has 0 aliphatic rings. The molecule has 0 aromatic carbocycles. The second kappa shape index (κ2) is 7.63. The summed E-state index contributed by atoms with van der Waals surface area (Å²) in [6.07, 6.45) is 7.73. The van der Waals surface area contributed by atoms with Crippen LogP contribution in [-0.4, -0.2) is 28.9 Å². The predicted molar refractivity (Wildman–Crippen MR) is 75.1 cm³/mol. The molecule has 0 saturated carbocycles. The minimum Gasteiger partial charge on any atom is -0.382 e. The van der Waals surface area contributed by atoms with Crippen LogP contribution in [0.3, 0.4) is 0 Å². The summed E-state index contributed by atoms with van der Waals surface area (Å²) in [5.41, 5.74) is 6.05. The van der Waals surface area contributed by atoms with Gasteiger partial charge in [-0.1, -0.05) is 26.7 Å². The Hall–Kier alpha value is -1.65. The minimum absolute atomic E-state index is 0.0175. The van der Waals surface area contributed by atoms with Crippen molar-refractivity contribution in [1.82, 2.24) is 9.97 Å². The molecule has 1 aromatic heterocycles. The normalized spacial score (nSPS) is 10.3. The van der Waals surface area contributed by atoms with E-state index in [0.29, 0.717) is 5.69 Å². The number of anilines is 1. The van der Waals surface area contributed by atoms with E-state index < -0.39 is 0 Å². The van der Waals surface area contributed by atoms with E-state index in [-0.39, 0.29) is 5.84 Å². The van der Waals surface area contributed by atoms with Gasteiger partial charge < -0.3 is 10.6 Å².